The molecule has 0 spiro atoms. The predicted octanol–water partition coefficient (Wildman–Crippen LogP) is 3.85. The topological polar surface area (TPSA) is 46.5 Å². The van der Waals surface area contributed by atoms with E-state index in [1.54, 1.807) is 6.07 Å². The van der Waals surface area contributed by atoms with Crippen LogP contribution in [-0.4, -0.2) is 11.1 Å². The van der Waals surface area contributed by atoms with E-state index in [9.17, 15) is 4.79 Å². The number of carboxylic acid groups (broad SMARTS) is 1. The van der Waals surface area contributed by atoms with Crippen molar-refractivity contribution in [2.45, 2.75) is 20.0 Å². The molecule has 2 rings (SSSR count). The molecule has 0 unspecified atom stereocenters. The molecule has 20 heavy (non-hydrogen) atoms. The Morgan fingerprint density at radius 3 is 2.55 bits per heavy atom. The van der Waals surface area contributed by atoms with Gasteiger partial charge in [0.05, 0.1) is 11.4 Å². The highest BCUT2D eigenvalue weighted by atomic mass is 35.5. The Morgan fingerprint density at radius 1 is 1.20 bits per heavy atom. The highest BCUT2D eigenvalue weighted by Crippen LogP contribution is 2.26. The van der Waals surface area contributed by atoms with Crippen molar-refractivity contribution in [3.63, 3.8) is 0 Å². The zero-order valence-corrected chi connectivity index (χ0v) is 11.9. The van der Waals surface area contributed by atoms with Crippen LogP contribution in [0.5, 0.6) is 5.75 Å². The first-order chi connectivity index (χ1) is 9.56. The number of carboxylic acids is 1. The number of hydrogen-bond acceptors (Lipinski definition) is 2. The van der Waals surface area contributed by atoms with Crippen LogP contribution >= 0.6 is 11.6 Å². The molecule has 0 aliphatic heterocycles. The van der Waals surface area contributed by atoms with E-state index < -0.39 is 5.97 Å². The highest BCUT2D eigenvalue weighted by Gasteiger charge is 2.08. The number of ether oxygens (including phenoxy) is 1. The quantitative estimate of drug-likeness (QED) is 0.909. The van der Waals surface area contributed by atoms with Crippen LogP contribution in [0.1, 0.15) is 16.7 Å². The molecule has 4 heteroatoms. The molecule has 0 heterocycles. The van der Waals surface area contributed by atoms with Gasteiger partial charge in [0.15, 0.2) is 0 Å². The van der Waals surface area contributed by atoms with Crippen LogP contribution in [0.25, 0.3) is 0 Å². The first kappa shape index (κ1) is 14.4. The summed E-state index contributed by atoms with van der Waals surface area (Å²) in [5, 5.41) is 9.45. The van der Waals surface area contributed by atoms with Gasteiger partial charge in [-0.1, -0.05) is 41.9 Å². The summed E-state index contributed by atoms with van der Waals surface area (Å²) < 4.78 is 5.68. The second kappa shape index (κ2) is 6.44. The summed E-state index contributed by atoms with van der Waals surface area (Å²) in [6, 6.07) is 12.9. The third-order valence-corrected chi connectivity index (χ3v) is 3.23. The van der Waals surface area contributed by atoms with E-state index >= 15 is 0 Å². The molecule has 2 aromatic carbocycles. The molecule has 1 N–H and O–H groups in total. The first-order valence-corrected chi connectivity index (χ1v) is 6.61. The zero-order valence-electron chi connectivity index (χ0n) is 11.1. The molecule has 0 saturated carbocycles. The van der Waals surface area contributed by atoms with Gasteiger partial charge in [-0.2, -0.15) is 0 Å². The molecule has 0 fully saturated rings. The van der Waals surface area contributed by atoms with Crippen molar-refractivity contribution in [2.24, 2.45) is 0 Å². The Bertz CT molecular complexity index is 623. The van der Waals surface area contributed by atoms with E-state index in [0.29, 0.717) is 17.4 Å². The SMILES string of the molecule is Cc1ccc(OCc2ccccc2CC(=O)O)c(Cl)c1. The fourth-order valence-corrected chi connectivity index (χ4v) is 2.20. The van der Waals surface area contributed by atoms with Gasteiger partial charge in [-0.15, -0.1) is 0 Å². The molecule has 0 aliphatic rings. The van der Waals surface area contributed by atoms with Gasteiger partial charge in [0.1, 0.15) is 12.4 Å². The number of carbonyl (C=O) groups is 1. The third kappa shape index (κ3) is 3.75. The largest absolute Gasteiger partial charge is 0.487 e. The van der Waals surface area contributed by atoms with Crippen molar-refractivity contribution in [3.8, 4) is 5.75 Å². The van der Waals surface area contributed by atoms with Crippen molar-refractivity contribution in [1.82, 2.24) is 0 Å². The molecule has 0 aliphatic carbocycles. The molecule has 3 nitrogen and oxygen atoms in total. The van der Waals surface area contributed by atoms with E-state index in [4.69, 9.17) is 21.4 Å². The van der Waals surface area contributed by atoms with E-state index in [0.717, 1.165) is 16.7 Å². The van der Waals surface area contributed by atoms with Crippen LogP contribution in [0.15, 0.2) is 42.5 Å². The van der Waals surface area contributed by atoms with Gasteiger partial charge in [-0.05, 0) is 35.7 Å². The maximum Gasteiger partial charge on any atom is 0.307 e. The van der Waals surface area contributed by atoms with E-state index in [2.05, 4.69) is 0 Å². The van der Waals surface area contributed by atoms with Gasteiger partial charge in [0.25, 0.3) is 0 Å². The Morgan fingerprint density at radius 2 is 1.90 bits per heavy atom. The van der Waals surface area contributed by atoms with E-state index in [1.807, 2.05) is 43.3 Å². The smallest absolute Gasteiger partial charge is 0.307 e. The molecule has 0 atom stereocenters. The Labute approximate surface area is 122 Å². The average Bonchev–Trinajstić information content (AvgIpc) is 2.39. The minimum absolute atomic E-state index is 0.0127. The van der Waals surface area contributed by atoms with Crippen LogP contribution in [0.2, 0.25) is 5.02 Å². The zero-order chi connectivity index (χ0) is 14.5. The molecule has 104 valence electrons. The Kier molecular flexibility index (Phi) is 4.64. The van der Waals surface area contributed by atoms with Crippen LogP contribution < -0.4 is 4.74 Å². The van der Waals surface area contributed by atoms with Crippen molar-refractivity contribution >= 4 is 17.6 Å². The summed E-state index contributed by atoms with van der Waals surface area (Å²) in [5.41, 5.74) is 2.67. The van der Waals surface area contributed by atoms with Gasteiger partial charge < -0.3 is 9.84 Å². The lowest BCUT2D eigenvalue weighted by Gasteiger charge is -2.11. The Balaban J connectivity index is 2.12. The fourth-order valence-electron chi connectivity index (χ4n) is 1.91. The average molecular weight is 291 g/mol. The fraction of sp³-hybridized carbons (Fsp3) is 0.188. The van der Waals surface area contributed by atoms with Crippen LogP contribution in [0.4, 0.5) is 0 Å². The summed E-state index contributed by atoms with van der Waals surface area (Å²) >= 11 is 6.10. The lowest BCUT2D eigenvalue weighted by Crippen LogP contribution is -2.06. The predicted molar refractivity (Wildman–Crippen MR) is 78.3 cm³/mol. The number of aryl methyl sites for hydroxylation is 1. The number of rotatable bonds is 5. The van der Waals surface area contributed by atoms with Crippen molar-refractivity contribution < 1.29 is 14.6 Å². The van der Waals surface area contributed by atoms with Crippen LogP contribution in [0, 0.1) is 6.92 Å². The molecule has 0 radical (unpaired) electrons. The van der Waals surface area contributed by atoms with Gasteiger partial charge in [-0.3, -0.25) is 4.79 Å². The lowest BCUT2D eigenvalue weighted by atomic mass is 10.1. The molecule has 0 amide bonds. The number of hydrogen-bond donors (Lipinski definition) is 1. The number of halogens is 1. The maximum absolute atomic E-state index is 10.8. The normalized spacial score (nSPS) is 10.3. The van der Waals surface area contributed by atoms with Crippen LogP contribution in [0.3, 0.4) is 0 Å². The van der Waals surface area contributed by atoms with Gasteiger partial charge in [0, 0.05) is 0 Å². The molecular formula is C16H15ClO3. The number of aliphatic carboxylic acids is 1. The minimum atomic E-state index is -0.856. The molecular weight excluding hydrogens is 276 g/mol. The van der Waals surface area contributed by atoms with Gasteiger partial charge in [-0.25, -0.2) is 0 Å². The van der Waals surface area contributed by atoms with E-state index in [1.165, 1.54) is 0 Å². The molecule has 0 bridgehead atoms. The summed E-state index contributed by atoms with van der Waals surface area (Å²) in [5.74, 6) is -0.256. The van der Waals surface area contributed by atoms with Crippen molar-refractivity contribution in [1.29, 1.82) is 0 Å². The third-order valence-electron chi connectivity index (χ3n) is 2.93. The van der Waals surface area contributed by atoms with Gasteiger partial charge >= 0.3 is 5.97 Å². The van der Waals surface area contributed by atoms with E-state index in [-0.39, 0.29) is 6.42 Å². The molecule has 0 aromatic heterocycles. The van der Waals surface area contributed by atoms with Crippen molar-refractivity contribution in [3.05, 3.63) is 64.2 Å². The lowest BCUT2D eigenvalue weighted by molar-refractivity contribution is -0.136. The summed E-state index contributed by atoms with van der Waals surface area (Å²) in [7, 11) is 0. The van der Waals surface area contributed by atoms with Crippen LogP contribution in [-0.2, 0) is 17.8 Å². The van der Waals surface area contributed by atoms with Crippen molar-refractivity contribution in [2.75, 3.05) is 0 Å². The maximum atomic E-state index is 10.8. The molecule has 0 saturated heterocycles. The summed E-state index contributed by atoms with van der Waals surface area (Å²) in [6.45, 7) is 2.25. The minimum Gasteiger partial charge on any atom is -0.487 e. The first-order valence-electron chi connectivity index (χ1n) is 6.24. The summed E-state index contributed by atoms with van der Waals surface area (Å²) in [6.07, 6.45) is -0.0127. The summed E-state index contributed by atoms with van der Waals surface area (Å²) in [4.78, 5) is 10.8. The number of benzene rings is 2. The van der Waals surface area contributed by atoms with Gasteiger partial charge in [0.2, 0.25) is 0 Å². The Hall–Kier alpha value is -2.00. The monoisotopic (exact) mass is 290 g/mol. The highest BCUT2D eigenvalue weighted by molar-refractivity contribution is 6.32. The second-order valence-corrected chi connectivity index (χ2v) is 4.97. The second-order valence-electron chi connectivity index (χ2n) is 4.56. The standard InChI is InChI=1S/C16H15ClO3/c1-11-6-7-15(14(17)8-11)20-10-13-5-3-2-4-12(13)9-16(18)19/h2-8H,9-10H2,1H3,(H,18,19). The molecule has 2 aromatic rings.